The molecule has 0 saturated carbocycles. The predicted molar refractivity (Wildman–Crippen MR) is 295 cm³/mol. The molecule has 0 unspecified atom stereocenters. The van der Waals surface area contributed by atoms with Crippen molar-refractivity contribution >= 4 is 68.6 Å². The summed E-state index contributed by atoms with van der Waals surface area (Å²) in [6, 6.07) is 40.9. The van der Waals surface area contributed by atoms with Gasteiger partial charge in [-0.1, -0.05) is 121 Å². The van der Waals surface area contributed by atoms with E-state index in [-0.39, 0.29) is 97.3 Å². The number of fused-ring (bicyclic) bond motifs is 3. The second-order valence-electron chi connectivity index (χ2n) is 17.5. The van der Waals surface area contributed by atoms with Crippen LogP contribution in [0, 0.1) is 11.6 Å². The summed E-state index contributed by atoms with van der Waals surface area (Å²) in [6.07, 6.45) is -0.0600. The molecular weight excluding hydrogens is 1030 g/mol. The van der Waals surface area contributed by atoms with E-state index in [0.29, 0.717) is 39.3 Å². The third kappa shape index (κ3) is 13.3. The van der Waals surface area contributed by atoms with Gasteiger partial charge in [0.25, 0.3) is 11.8 Å². The lowest BCUT2D eigenvalue weighted by molar-refractivity contribution is -0.143. The lowest BCUT2D eigenvalue weighted by Gasteiger charge is -2.18. The van der Waals surface area contributed by atoms with E-state index < -0.39 is 52.5 Å². The number of hydrogen-bond donors (Lipinski definition) is 3. The maximum Gasteiger partial charge on any atom is 0.340 e. The first-order chi connectivity index (χ1) is 38.6. The highest BCUT2D eigenvalue weighted by Gasteiger charge is 2.44. The largest absolute Gasteiger partial charge is 0.492 e. The quantitative estimate of drug-likeness (QED) is 0.0389. The number of ether oxygens (including phenoxy) is 6. The van der Waals surface area contributed by atoms with Crippen molar-refractivity contribution in [2.45, 2.75) is 53.8 Å². The molecule has 9 rings (SSSR count). The van der Waals surface area contributed by atoms with Crippen molar-refractivity contribution in [3.8, 4) is 23.0 Å². The van der Waals surface area contributed by atoms with E-state index in [1.807, 2.05) is 60.7 Å². The van der Waals surface area contributed by atoms with Gasteiger partial charge < -0.3 is 44.4 Å². The highest BCUT2D eigenvalue weighted by Crippen LogP contribution is 2.47. The number of rotatable bonds is 19. The Labute approximate surface area is 458 Å². The third-order valence-corrected chi connectivity index (χ3v) is 12.2. The summed E-state index contributed by atoms with van der Waals surface area (Å²) in [5.41, 5.74) is 7.00. The number of halogens is 2. The Kier molecular flexibility index (Phi) is 19.5. The minimum absolute atomic E-state index is 0.0165. The molecule has 0 aliphatic carbocycles. The SMILES string of the molecule is CCOC(=O)Cc1ccc(N)c(F)c1.CCOC(=O)Cc1ccc(N2C(=O)c3c(c(OCc4ccccc4)c4ccccc4c3OCC)C2=O)c(F)c1.CCOc1c(C(=O)O)c(C(=O)O)c(OCc2ccccc2)c2ccccc12. The molecule has 1 aliphatic heterocycles. The van der Waals surface area contributed by atoms with Gasteiger partial charge in [0.15, 0.2) is 0 Å². The number of hydrogen-bond acceptors (Lipinski definition) is 13. The number of carboxylic acids is 2. The molecule has 0 saturated heterocycles. The first-order valence-electron chi connectivity index (χ1n) is 25.4. The van der Waals surface area contributed by atoms with Gasteiger partial charge >= 0.3 is 23.9 Å². The van der Waals surface area contributed by atoms with Gasteiger partial charge in [-0.25, -0.2) is 23.3 Å². The summed E-state index contributed by atoms with van der Waals surface area (Å²) >= 11 is 0. The van der Waals surface area contributed by atoms with Gasteiger partial charge in [-0.2, -0.15) is 0 Å². The molecule has 1 aliphatic rings. The van der Waals surface area contributed by atoms with E-state index in [4.69, 9.17) is 34.2 Å². The topological polar surface area (TPSA) is 228 Å². The number of aromatic carboxylic acids is 2. The monoisotopic (exact) mass is 1090 g/mol. The van der Waals surface area contributed by atoms with E-state index in [9.17, 15) is 43.4 Å². The van der Waals surface area contributed by atoms with Crippen molar-refractivity contribution in [2.75, 3.05) is 37.1 Å². The summed E-state index contributed by atoms with van der Waals surface area (Å²) in [5.74, 6) is -5.88. The summed E-state index contributed by atoms with van der Waals surface area (Å²) in [4.78, 5) is 75.2. The molecule has 8 aromatic rings. The minimum atomic E-state index is -1.39. The average molecular weight is 1090 g/mol. The Bertz CT molecular complexity index is 3590. The van der Waals surface area contributed by atoms with E-state index in [0.717, 1.165) is 22.1 Å². The number of nitrogen functional groups attached to an aromatic ring is 1. The maximum atomic E-state index is 15.3. The van der Waals surface area contributed by atoms with Crippen LogP contribution in [0.4, 0.5) is 20.2 Å². The lowest BCUT2D eigenvalue weighted by atomic mass is 9.97. The van der Waals surface area contributed by atoms with Crippen molar-refractivity contribution in [3.63, 3.8) is 0 Å². The maximum absolute atomic E-state index is 15.3. The van der Waals surface area contributed by atoms with Crippen molar-refractivity contribution in [3.05, 3.63) is 202 Å². The molecule has 0 bridgehead atoms. The average Bonchev–Trinajstić information content (AvgIpc) is 3.97. The zero-order valence-electron chi connectivity index (χ0n) is 44.1. The zero-order chi connectivity index (χ0) is 57.5. The number of carbonyl (C=O) groups excluding carboxylic acids is 4. The Morgan fingerprint density at radius 3 is 1.25 bits per heavy atom. The number of nitrogens with two attached hydrogens (primary N) is 1. The first kappa shape index (κ1) is 57.9. The van der Waals surface area contributed by atoms with Crippen molar-refractivity contribution in [1.29, 1.82) is 0 Å². The molecule has 16 nitrogen and oxygen atoms in total. The highest BCUT2D eigenvalue weighted by molar-refractivity contribution is 6.38. The van der Waals surface area contributed by atoms with E-state index in [1.165, 1.54) is 24.3 Å². The molecule has 8 aromatic carbocycles. The van der Waals surface area contributed by atoms with Crippen LogP contribution in [0.5, 0.6) is 23.0 Å². The minimum Gasteiger partial charge on any atom is -0.492 e. The van der Waals surface area contributed by atoms with E-state index >= 15 is 4.39 Å². The molecule has 0 fully saturated rings. The van der Waals surface area contributed by atoms with Crippen LogP contribution in [0.25, 0.3) is 21.5 Å². The van der Waals surface area contributed by atoms with Crippen LogP contribution < -0.4 is 29.6 Å². The number of amides is 2. The lowest BCUT2D eigenvalue weighted by Crippen LogP contribution is -2.30. The van der Waals surface area contributed by atoms with Crippen LogP contribution in [0.3, 0.4) is 0 Å². The third-order valence-electron chi connectivity index (χ3n) is 12.2. The number of anilines is 2. The second-order valence-corrected chi connectivity index (χ2v) is 17.5. The summed E-state index contributed by atoms with van der Waals surface area (Å²) in [7, 11) is 0. The molecule has 412 valence electrons. The molecular formula is C62H56F2N2O14. The number of benzene rings is 8. The molecule has 1 heterocycles. The fourth-order valence-electron chi connectivity index (χ4n) is 8.73. The fraction of sp³-hybridized carbons (Fsp3) is 0.194. The van der Waals surface area contributed by atoms with Crippen molar-refractivity contribution < 1.29 is 76.2 Å². The van der Waals surface area contributed by atoms with Gasteiger partial charge in [0.05, 0.1) is 61.8 Å². The summed E-state index contributed by atoms with van der Waals surface area (Å²) in [5, 5.41) is 21.6. The zero-order valence-corrected chi connectivity index (χ0v) is 44.1. The highest BCUT2D eigenvalue weighted by atomic mass is 19.1. The molecule has 80 heavy (non-hydrogen) atoms. The Morgan fingerprint density at radius 1 is 0.463 bits per heavy atom. The van der Waals surface area contributed by atoms with Crippen LogP contribution in [0.1, 0.15) is 91.4 Å². The van der Waals surface area contributed by atoms with Crippen LogP contribution >= 0.6 is 0 Å². The first-order valence-corrected chi connectivity index (χ1v) is 25.4. The molecule has 4 N–H and O–H groups in total. The number of nitrogens with zero attached hydrogens (tertiary/aromatic N) is 1. The van der Waals surface area contributed by atoms with Gasteiger partial charge in [0.1, 0.15) is 59.0 Å². The molecule has 18 heteroatoms. The fourth-order valence-corrected chi connectivity index (χ4v) is 8.73. The van der Waals surface area contributed by atoms with Crippen molar-refractivity contribution in [2.24, 2.45) is 0 Å². The summed E-state index contributed by atoms with van der Waals surface area (Å²) in [6.45, 7) is 8.15. The number of carboxylic acid groups (broad SMARTS) is 2. The number of carbonyl (C=O) groups is 6. The number of esters is 2. The Morgan fingerprint density at radius 2 is 0.838 bits per heavy atom. The van der Waals surface area contributed by atoms with E-state index in [1.54, 1.807) is 82.3 Å². The summed E-state index contributed by atoms with van der Waals surface area (Å²) < 4.78 is 61.4. The molecule has 0 spiro atoms. The van der Waals surface area contributed by atoms with Crippen LogP contribution in [0.2, 0.25) is 0 Å². The van der Waals surface area contributed by atoms with Gasteiger partial charge in [0, 0.05) is 21.5 Å². The van der Waals surface area contributed by atoms with Gasteiger partial charge in [-0.05, 0) is 74.2 Å². The van der Waals surface area contributed by atoms with E-state index in [2.05, 4.69) is 0 Å². The molecule has 2 amide bonds. The predicted octanol–water partition coefficient (Wildman–Crippen LogP) is 11.6. The Hall–Kier alpha value is -9.84. The van der Waals surface area contributed by atoms with Crippen molar-refractivity contribution in [1.82, 2.24) is 0 Å². The second kappa shape index (κ2) is 27.0. The number of imide groups is 1. The Balaban J connectivity index is 0.000000194. The van der Waals surface area contributed by atoms with Gasteiger partial charge in [0.2, 0.25) is 0 Å². The van der Waals surface area contributed by atoms with Gasteiger partial charge in [-0.15, -0.1) is 0 Å². The normalized spacial score (nSPS) is 11.4. The van der Waals surface area contributed by atoms with Gasteiger partial charge in [-0.3, -0.25) is 19.2 Å². The van der Waals surface area contributed by atoms with Crippen LogP contribution in [-0.4, -0.2) is 72.3 Å². The molecule has 0 radical (unpaired) electrons. The molecule has 0 aromatic heterocycles. The van der Waals surface area contributed by atoms with Crippen LogP contribution in [-0.2, 0) is 45.1 Å². The standard InChI is InChI=1S/C31H26FNO6.C21H18O6.C10H12FNO2/c1-3-37-25(34)17-20-14-15-24(23(32)16-20)33-30(35)26-27(31(33)36)29(39-18-19-10-6-5-7-11-19)22-13-9-8-12-21(22)28(26)38-4-2;1-2-26-18-14-10-6-7-11-15(14)19(17(21(24)25)16(18)20(22)23)27-12-13-8-4-3-5-9-13;1-2-14-10(13)6-7-3-4-9(12)8(11)5-7/h5-16H,3-4,17-18H2,1-2H3;3-11H,2,12H2,1H3,(H,22,23)(H,24,25);3-5H,2,6,12H2,1H3. The molecule has 0 atom stereocenters. The van der Waals surface area contributed by atoms with Crippen LogP contribution in [0.15, 0.2) is 146 Å². The smallest absolute Gasteiger partial charge is 0.340 e.